The summed E-state index contributed by atoms with van der Waals surface area (Å²) in [5.74, 6) is -0.181. The molecule has 0 aromatic heterocycles. The minimum Gasteiger partial charge on any atom is -0.409 e. The van der Waals surface area contributed by atoms with Crippen molar-refractivity contribution in [3.05, 3.63) is 0 Å². The highest BCUT2D eigenvalue weighted by Gasteiger charge is 2.23. The Morgan fingerprint density at radius 2 is 2.07 bits per heavy atom. The summed E-state index contributed by atoms with van der Waals surface area (Å²) in [7, 11) is 1.46. The molecule has 0 heterocycles. The first-order valence-electron chi connectivity index (χ1n) is 4.73. The van der Waals surface area contributed by atoms with Crippen LogP contribution in [0.5, 0.6) is 0 Å². The zero-order valence-corrected chi connectivity index (χ0v) is 9.60. The van der Waals surface area contributed by atoms with Crippen molar-refractivity contribution in [2.24, 2.45) is 10.9 Å². The molecule has 1 amide bonds. The standard InChI is InChI=1S/C9H19N3O3/c1-6(2)12(5-8(10)11-14)9(13)7(3)15-4/h6-7,14H,5H2,1-4H3,(H2,10,11). The molecule has 0 radical (unpaired) electrons. The largest absolute Gasteiger partial charge is 0.409 e. The third-order valence-corrected chi connectivity index (χ3v) is 2.07. The Morgan fingerprint density at radius 3 is 2.40 bits per heavy atom. The van der Waals surface area contributed by atoms with Gasteiger partial charge in [0.1, 0.15) is 6.10 Å². The van der Waals surface area contributed by atoms with Gasteiger partial charge < -0.3 is 20.6 Å². The van der Waals surface area contributed by atoms with Gasteiger partial charge in [-0.15, -0.1) is 0 Å². The van der Waals surface area contributed by atoms with E-state index < -0.39 is 6.10 Å². The molecular weight excluding hydrogens is 198 g/mol. The van der Waals surface area contributed by atoms with Crippen molar-refractivity contribution in [3.8, 4) is 0 Å². The van der Waals surface area contributed by atoms with E-state index in [2.05, 4.69) is 5.16 Å². The van der Waals surface area contributed by atoms with Crippen molar-refractivity contribution in [2.45, 2.75) is 32.9 Å². The van der Waals surface area contributed by atoms with Gasteiger partial charge in [0.25, 0.3) is 5.91 Å². The van der Waals surface area contributed by atoms with Crippen LogP contribution in [-0.2, 0) is 9.53 Å². The predicted octanol–water partition coefficient (Wildman–Crippen LogP) is 0.00470. The Balaban J connectivity index is 4.60. The van der Waals surface area contributed by atoms with Crippen LogP contribution >= 0.6 is 0 Å². The van der Waals surface area contributed by atoms with Gasteiger partial charge in [-0.1, -0.05) is 5.16 Å². The van der Waals surface area contributed by atoms with E-state index in [9.17, 15) is 4.79 Å². The van der Waals surface area contributed by atoms with Crippen LogP contribution in [-0.4, -0.2) is 47.7 Å². The number of hydrogen-bond acceptors (Lipinski definition) is 4. The van der Waals surface area contributed by atoms with Gasteiger partial charge in [0.05, 0.1) is 6.54 Å². The normalized spacial score (nSPS) is 14.1. The Kier molecular flexibility index (Phi) is 5.69. The molecule has 88 valence electrons. The second-order valence-electron chi connectivity index (χ2n) is 3.53. The topological polar surface area (TPSA) is 88.2 Å². The maximum absolute atomic E-state index is 11.8. The third-order valence-electron chi connectivity index (χ3n) is 2.07. The minimum atomic E-state index is -0.529. The van der Waals surface area contributed by atoms with Gasteiger partial charge in [0.15, 0.2) is 5.84 Å². The summed E-state index contributed by atoms with van der Waals surface area (Å²) in [6, 6.07) is -0.0320. The number of methoxy groups -OCH3 is 1. The second kappa shape index (κ2) is 6.23. The van der Waals surface area contributed by atoms with Crippen LogP contribution in [0.2, 0.25) is 0 Å². The van der Waals surface area contributed by atoms with Gasteiger partial charge in [-0.05, 0) is 20.8 Å². The molecule has 0 saturated heterocycles. The van der Waals surface area contributed by atoms with Gasteiger partial charge in [0, 0.05) is 13.2 Å². The molecule has 3 N–H and O–H groups in total. The number of carbonyl (C=O) groups excluding carboxylic acids is 1. The molecule has 0 aromatic carbocycles. The molecule has 0 saturated carbocycles. The monoisotopic (exact) mass is 217 g/mol. The lowest BCUT2D eigenvalue weighted by Gasteiger charge is -2.28. The summed E-state index contributed by atoms with van der Waals surface area (Å²) in [5.41, 5.74) is 5.36. The molecule has 6 heteroatoms. The summed E-state index contributed by atoms with van der Waals surface area (Å²) >= 11 is 0. The smallest absolute Gasteiger partial charge is 0.252 e. The lowest BCUT2D eigenvalue weighted by Crippen LogP contribution is -2.47. The summed E-state index contributed by atoms with van der Waals surface area (Å²) in [6.07, 6.45) is -0.529. The summed E-state index contributed by atoms with van der Waals surface area (Å²) in [5, 5.41) is 11.3. The van der Waals surface area contributed by atoms with Crippen LogP contribution in [0.15, 0.2) is 5.16 Å². The van der Waals surface area contributed by atoms with Crippen LogP contribution < -0.4 is 5.73 Å². The second-order valence-corrected chi connectivity index (χ2v) is 3.53. The molecule has 0 aliphatic rings. The molecule has 0 rings (SSSR count). The Bertz CT molecular complexity index is 241. The van der Waals surface area contributed by atoms with E-state index in [1.807, 2.05) is 13.8 Å². The highest BCUT2D eigenvalue weighted by Crippen LogP contribution is 2.03. The van der Waals surface area contributed by atoms with Gasteiger partial charge in [-0.25, -0.2) is 0 Å². The fraction of sp³-hybridized carbons (Fsp3) is 0.778. The van der Waals surface area contributed by atoms with Crippen molar-refractivity contribution in [3.63, 3.8) is 0 Å². The Labute approximate surface area is 89.7 Å². The van der Waals surface area contributed by atoms with Crippen LogP contribution in [0, 0.1) is 0 Å². The maximum Gasteiger partial charge on any atom is 0.252 e. The van der Waals surface area contributed by atoms with Crippen LogP contribution in [0.1, 0.15) is 20.8 Å². The van der Waals surface area contributed by atoms with E-state index in [1.165, 1.54) is 12.0 Å². The minimum absolute atomic E-state index is 0.000327. The fourth-order valence-electron chi connectivity index (χ4n) is 1.06. The first-order chi connectivity index (χ1) is 6.93. The third kappa shape index (κ3) is 4.16. The quantitative estimate of drug-likeness (QED) is 0.294. The van der Waals surface area contributed by atoms with Crippen LogP contribution in [0.25, 0.3) is 0 Å². The zero-order valence-electron chi connectivity index (χ0n) is 9.60. The number of amidine groups is 1. The van der Waals surface area contributed by atoms with Gasteiger partial charge in [0.2, 0.25) is 0 Å². The molecule has 15 heavy (non-hydrogen) atoms. The van der Waals surface area contributed by atoms with Crippen molar-refractivity contribution in [2.75, 3.05) is 13.7 Å². The molecule has 0 spiro atoms. The number of nitrogens with two attached hydrogens (primary N) is 1. The van der Waals surface area contributed by atoms with Crippen molar-refractivity contribution in [1.82, 2.24) is 4.90 Å². The molecule has 0 aliphatic heterocycles. The van der Waals surface area contributed by atoms with Crippen molar-refractivity contribution in [1.29, 1.82) is 0 Å². The SMILES string of the molecule is COC(C)C(=O)N(CC(N)=NO)C(C)C. The first kappa shape index (κ1) is 13.7. The lowest BCUT2D eigenvalue weighted by atomic mass is 10.2. The molecular formula is C9H19N3O3. The Hall–Kier alpha value is -1.30. The summed E-state index contributed by atoms with van der Waals surface area (Å²) < 4.78 is 4.92. The molecule has 0 bridgehead atoms. The highest BCUT2D eigenvalue weighted by molar-refractivity contribution is 5.88. The van der Waals surface area contributed by atoms with E-state index in [0.717, 1.165) is 0 Å². The summed E-state index contributed by atoms with van der Waals surface area (Å²) in [4.78, 5) is 13.3. The molecule has 0 aromatic rings. The number of hydrogen-bond donors (Lipinski definition) is 2. The maximum atomic E-state index is 11.8. The highest BCUT2D eigenvalue weighted by atomic mass is 16.5. The predicted molar refractivity (Wildman–Crippen MR) is 56.7 cm³/mol. The van der Waals surface area contributed by atoms with Gasteiger partial charge in [-0.3, -0.25) is 4.79 Å². The summed E-state index contributed by atoms with van der Waals surface area (Å²) in [6.45, 7) is 5.46. The molecule has 0 fully saturated rings. The van der Waals surface area contributed by atoms with Crippen molar-refractivity contribution >= 4 is 11.7 Å². The molecule has 1 unspecified atom stereocenters. The lowest BCUT2D eigenvalue weighted by molar-refractivity contribution is -0.141. The first-order valence-corrected chi connectivity index (χ1v) is 4.73. The van der Waals surface area contributed by atoms with E-state index in [1.54, 1.807) is 6.92 Å². The number of carbonyl (C=O) groups is 1. The number of nitrogens with zero attached hydrogens (tertiary/aromatic N) is 2. The van der Waals surface area contributed by atoms with Gasteiger partial charge in [-0.2, -0.15) is 0 Å². The van der Waals surface area contributed by atoms with Crippen LogP contribution in [0.4, 0.5) is 0 Å². The molecule has 1 atom stereocenters. The average Bonchev–Trinajstić information content (AvgIpc) is 2.22. The fourth-order valence-corrected chi connectivity index (χ4v) is 1.06. The number of rotatable bonds is 5. The van der Waals surface area contributed by atoms with Crippen LogP contribution in [0.3, 0.4) is 0 Å². The molecule has 6 nitrogen and oxygen atoms in total. The zero-order chi connectivity index (χ0) is 12.0. The van der Waals surface area contributed by atoms with Crippen molar-refractivity contribution < 1.29 is 14.7 Å². The van der Waals surface area contributed by atoms with E-state index >= 15 is 0 Å². The Morgan fingerprint density at radius 1 is 1.53 bits per heavy atom. The molecule has 0 aliphatic carbocycles. The van der Waals surface area contributed by atoms with E-state index in [4.69, 9.17) is 15.7 Å². The van der Waals surface area contributed by atoms with E-state index in [0.29, 0.717) is 0 Å². The number of ether oxygens (including phenoxy) is 1. The number of amides is 1. The number of oxime groups is 1. The average molecular weight is 217 g/mol. The van der Waals surface area contributed by atoms with Gasteiger partial charge >= 0.3 is 0 Å². The van der Waals surface area contributed by atoms with E-state index in [-0.39, 0.29) is 24.3 Å².